The SMILES string of the molecule is C=C/C(=C\C(=N/c1ccccn1)c1ccccn1)c1cc(OCSCC(C)(C)CN)cc(OCC(C)(C)CC(C)(C)CN)c1. The third-order valence-corrected chi connectivity index (χ3v) is 8.30. The number of rotatable bonds is 17. The van der Waals surface area contributed by atoms with Gasteiger partial charge in [-0.25, -0.2) is 9.98 Å². The number of pyridine rings is 2. The molecule has 3 aromatic rings. The first kappa shape index (κ1) is 35.0. The molecule has 0 radical (unpaired) electrons. The lowest BCUT2D eigenvalue weighted by atomic mass is 9.75. The van der Waals surface area contributed by atoms with E-state index < -0.39 is 0 Å². The smallest absolute Gasteiger partial charge is 0.152 e. The molecule has 0 saturated heterocycles. The third kappa shape index (κ3) is 11.6. The van der Waals surface area contributed by atoms with Crippen LogP contribution in [0.1, 0.15) is 59.2 Å². The Hall–Kier alpha value is -3.46. The van der Waals surface area contributed by atoms with E-state index in [0.717, 1.165) is 34.8 Å². The van der Waals surface area contributed by atoms with E-state index in [1.54, 1.807) is 24.2 Å². The van der Waals surface area contributed by atoms with Crippen molar-refractivity contribution in [2.24, 2.45) is 32.7 Å². The standard InChI is InChI=1S/C36H49N5O2S/c1-8-27(19-32(31-13-9-11-15-39-31)41-33-14-10-12-16-40-33)28-17-29(42-24-35(4,5)21-34(2,3)22-37)20-30(18-28)43-26-44-25-36(6,7)23-38/h8-20H,1,21-26,37-38H2,2-7H3/b27-19+,41-32+. The summed E-state index contributed by atoms with van der Waals surface area (Å²) in [6, 6.07) is 17.4. The minimum atomic E-state index is -0.0812. The van der Waals surface area contributed by atoms with Crippen LogP contribution >= 0.6 is 11.8 Å². The van der Waals surface area contributed by atoms with Crippen LogP contribution in [-0.4, -0.2) is 47.1 Å². The average molecular weight is 616 g/mol. The maximum absolute atomic E-state index is 6.44. The van der Waals surface area contributed by atoms with Crippen LogP contribution < -0.4 is 20.9 Å². The highest BCUT2D eigenvalue weighted by molar-refractivity contribution is 7.99. The average Bonchev–Trinajstić information content (AvgIpc) is 3.01. The molecular weight excluding hydrogens is 566 g/mol. The third-order valence-electron chi connectivity index (χ3n) is 7.03. The van der Waals surface area contributed by atoms with E-state index in [9.17, 15) is 0 Å². The van der Waals surface area contributed by atoms with Gasteiger partial charge >= 0.3 is 0 Å². The minimum absolute atomic E-state index is 0.0189. The summed E-state index contributed by atoms with van der Waals surface area (Å²) in [5, 5.41) is 0. The Bertz CT molecular complexity index is 1400. The van der Waals surface area contributed by atoms with Crippen LogP contribution in [-0.2, 0) is 0 Å². The fourth-order valence-electron chi connectivity index (χ4n) is 4.72. The van der Waals surface area contributed by atoms with E-state index >= 15 is 0 Å². The summed E-state index contributed by atoms with van der Waals surface area (Å²) in [5.41, 5.74) is 15.1. The lowest BCUT2D eigenvalue weighted by molar-refractivity contribution is 0.120. The van der Waals surface area contributed by atoms with E-state index in [0.29, 0.717) is 42.9 Å². The Labute approximate surface area is 268 Å². The lowest BCUT2D eigenvalue weighted by Crippen LogP contribution is -2.33. The summed E-state index contributed by atoms with van der Waals surface area (Å²) in [5.74, 6) is 3.42. The summed E-state index contributed by atoms with van der Waals surface area (Å²) in [6.45, 7) is 19.0. The lowest BCUT2D eigenvalue weighted by Gasteiger charge is -2.34. The Balaban J connectivity index is 1.99. The van der Waals surface area contributed by atoms with E-state index in [4.69, 9.17) is 25.9 Å². The van der Waals surface area contributed by atoms with E-state index in [2.05, 4.69) is 58.1 Å². The van der Waals surface area contributed by atoms with E-state index in [1.165, 1.54) is 0 Å². The molecule has 0 bridgehead atoms. The largest absolute Gasteiger partial charge is 0.493 e. The van der Waals surface area contributed by atoms with Gasteiger partial charge in [-0.3, -0.25) is 4.98 Å². The van der Waals surface area contributed by atoms with Crippen LogP contribution in [0.25, 0.3) is 5.57 Å². The van der Waals surface area contributed by atoms with Crippen LogP contribution in [0, 0.1) is 16.2 Å². The minimum Gasteiger partial charge on any atom is -0.493 e. The van der Waals surface area contributed by atoms with Crippen molar-refractivity contribution >= 4 is 28.9 Å². The van der Waals surface area contributed by atoms with Gasteiger partial charge in [-0.2, -0.15) is 0 Å². The molecule has 0 aliphatic carbocycles. The Morgan fingerprint density at radius 1 is 0.864 bits per heavy atom. The van der Waals surface area contributed by atoms with Crippen molar-refractivity contribution in [1.82, 2.24) is 9.97 Å². The number of benzene rings is 1. The van der Waals surface area contributed by atoms with Gasteiger partial charge in [0, 0.05) is 24.2 Å². The molecule has 3 rings (SSSR count). The molecule has 0 atom stereocenters. The van der Waals surface area contributed by atoms with Gasteiger partial charge in [-0.15, -0.1) is 11.8 Å². The highest BCUT2D eigenvalue weighted by atomic mass is 32.2. The quantitative estimate of drug-likeness (QED) is 0.0693. The van der Waals surface area contributed by atoms with Crippen LogP contribution in [0.15, 0.2) is 90.7 Å². The van der Waals surface area contributed by atoms with Crippen molar-refractivity contribution in [3.63, 3.8) is 0 Å². The second-order valence-electron chi connectivity index (χ2n) is 13.4. The maximum Gasteiger partial charge on any atom is 0.152 e. The van der Waals surface area contributed by atoms with Gasteiger partial charge < -0.3 is 20.9 Å². The molecule has 44 heavy (non-hydrogen) atoms. The van der Waals surface area contributed by atoms with Gasteiger partial charge in [0.05, 0.1) is 18.0 Å². The van der Waals surface area contributed by atoms with Crippen molar-refractivity contribution < 1.29 is 9.47 Å². The van der Waals surface area contributed by atoms with Gasteiger partial charge in [-0.1, -0.05) is 66.3 Å². The normalized spacial score (nSPS) is 13.1. The fraction of sp³-hybridized carbons (Fsp3) is 0.417. The monoisotopic (exact) mass is 615 g/mol. The number of hydrogen-bond acceptors (Lipinski definition) is 8. The number of aliphatic imine (C=N–C) groups is 1. The van der Waals surface area contributed by atoms with Gasteiger partial charge in [0.2, 0.25) is 0 Å². The van der Waals surface area contributed by atoms with Gasteiger partial charge in [0.1, 0.15) is 17.4 Å². The van der Waals surface area contributed by atoms with Gasteiger partial charge in [0.25, 0.3) is 0 Å². The second-order valence-corrected chi connectivity index (χ2v) is 14.3. The number of thioether (sulfide) groups is 1. The molecule has 236 valence electrons. The zero-order valence-electron chi connectivity index (χ0n) is 27.2. The fourth-order valence-corrected chi connectivity index (χ4v) is 5.69. The zero-order chi connectivity index (χ0) is 32.2. The summed E-state index contributed by atoms with van der Waals surface area (Å²) in [7, 11) is 0. The second kappa shape index (κ2) is 16.0. The first-order valence-corrected chi connectivity index (χ1v) is 16.1. The molecule has 2 heterocycles. The van der Waals surface area contributed by atoms with Crippen LogP contribution in [0.3, 0.4) is 0 Å². The Kier molecular flexibility index (Phi) is 12.8. The van der Waals surface area contributed by atoms with Crippen molar-refractivity contribution in [3.8, 4) is 11.5 Å². The molecule has 7 nitrogen and oxygen atoms in total. The van der Waals surface area contributed by atoms with Gasteiger partial charge in [0.15, 0.2) is 5.82 Å². The number of nitrogens with zero attached hydrogens (tertiary/aromatic N) is 3. The van der Waals surface area contributed by atoms with Crippen molar-refractivity contribution in [2.45, 2.75) is 48.0 Å². The molecular formula is C36H49N5O2S. The van der Waals surface area contributed by atoms with Crippen molar-refractivity contribution in [1.29, 1.82) is 0 Å². The molecule has 1 aromatic carbocycles. The number of hydrogen-bond donors (Lipinski definition) is 2. The highest BCUT2D eigenvalue weighted by Gasteiger charge is 2.28. The van der Waals surface area contributed by atoms with Gasteiger partial charge in [-0.05, 0) is 89.4 Å². The van der Waals surface area contributed by atoms with Crippen LogP contribution in [0.5, 0.6) is 11.5 Å². The maximum atomic E-state index is 6.44. The summed E-state index contributed by atoms with van der Waals surface area (Å²) in [4.78, 5) is 13.8. The Morgan fingerprint density at radius 2 is 1.52 bits per heavy atom. The molecule has 8 heteroatoms. The van der Waals surface area contributed by atoms with Crippen molar-refractivity contribution in [3.05, 3.63) is 97.0 Å². The molecule has 0 fully saturated rings. The highest BCUT2D eigenvalue weighted by Crippen LogP contribution is 2.35. The number of aromatic nitrogens is 2. The first-order valence-electron chi connectivity index (χ1n) is 15.0. The molecule has 0 unspecified atom stereocenters. The molecule has 0 amide bonds. The van der Waals surface area contributed by atoms with E-state index in [-0.39, 0.29) is 16.2 Å². The topological polar surface area (TPSA) is 109 Å². The summed E-state index contributed by atoms with van der Waals surface area (Å²) in [6.07, 6.45) is 8.19. The number of allylic oxidation sites excluding steroid dienone is 3. The molecule has 0 saturated carbocycles. The molecule has 0 aliphatic heterocycles. The predicted octanol–water partition coefficient (Wildman–Crippen LogP) is 7.70. The predicted molar refractivity (Wildman–Crippen MR) is 187 cm³/mol. The summed E-state index contributed by atoms with van der Waals surface area (Å²) < 4.78 is 12.7. The first-order chi connectivity index (χ1) is 20.8. The zero-order valence-corrected chi connectivity index (χ0v) is 28.0. The van der Waals surface area contributed by atoms with Crippen molar-refractivity contribution in [2.75, 3.05) is 31.4 Å². The van der Waals surface area contributed by atoms with Crippen LogP contribution in [0.2, 0.25) is 0 Å². The summed E-state index contributed by atoms with van der Waals surface area (Å²) >= 11 is 1.72. The number of ether oxygens (including phenoxy) is 2. The van der Waals surface area contributed by atoms with Crippen LogP contribution in [0.4, 0.5) is 5.82 Å². The molecule has 0 spiro atoms. The van der Waals surface area contributed by atoms with E-state index in [1.807, 2.05) is 66.7 Å². The number of nitrogens with two attached hydrogens (primary N) is 2. The molecule has 2 aromatic heterocycles. The molecule has 4 N–H and O–H groups in total. The Morgan fingerprint density at radius 3 is 2.11 bits per heavy atom. The molecule has 0 aliphatic rings.